The summed E-state index contributed by atoms with van der Waals surface area (Å²) in [6.07, 6.45) is 11.8. The lowest BCUT2D eigenvalue weighted by atomic mass is 10.0. The van der Waals surface area contributed by atoms with Crippen LogP contribution >= 0.6 is 11.3 Å². The van der Waals surface area contributed by atoms with Gasteiger partial charge < -0.3 is 11.1 Å². The molecule has 0 bridgehead atoms. The zero-order chi connectivity index (χ0) is 23.5. The van der Waals surface area contributed by atoms with Crippen LogP contribution in [0.15, 0.2) is 65.5 Å². The van der Waals surface area contributed by atoms with Gasteiger partial charge in [-0.1, -0.05) is 77.7 Å². The lowest BCUT2D eigenvalue weighted by Gasteiger charge is -2.13. The SMILES string of the molecule is CC.CCCCCCC(C)C(=O)NC1=CC=C(N)C(C(=N)c2cc3ccccc3s2)=CC1. The Morgan fingerprint density at radius 1 is 1.19 bits per heavy atom. The van der Waals surface area contributed by atoms with Crippen molar-refractivity contribution in [1.82, 2.24) is 5.32 Å². The summed E-state index contributed by atoms with van der Waals surface area (Å²) in [6, 6.07) is 10.2. The number of nitrogens with two attached hydrogens (primary N) is 1. The molecule has 0 fully saturated rings. The maximum absolute atomic E-state index is 12.5. The van der Waals surface area contributed by atoms with E-state index in [9.17, 15) is 4.79 Å². The van der Waals surface area contributed by atoms with Gasteiger partial charge in [0.1, 0.15) is 0 Å². The Kier molecular flexibility index (Phi) is 10.4. The first-order valence-electron chi connectivity index (χ1n) is 11.7. The van der Waals surface area contributed by atoms with Crippen LogP contribution < -0.4 is 11.1 Å². The lowest BCUT2D eigenvalue weighted by molar-refractivity contribution is -0.124. The van der Waals surface area contributed by atoms with E-state index in [-0.39, 0.29) is 11.8 Å². The molecule has 2 aromatic rings. The summed E-state index contributed by atoms with van der Waals surface area (Å²) in [6.45, 7) is 8.18. The van der Waals surface area contributed by atoms with E-state index < -0.39 is 0 Å². The highest BCUT2D eigenvalue weighted by Gasteiger charge is 2.17. The monoisotopic (exact) mass is 451 g/mol. The zero-order valence-electron chi connectivity index (χ0n) is 19.8. The first-order valence-corrected chi connectivity index (χ1v) is 12.6. The van der Waals surface area contributed by atoms with Crippen LogP contribution in [-0.2, 0) is 4.79 Å². The number of unbranched alkanes of at least 4 members (excludes halogenated alkanes) is 3. The van der Waals surface area contributed by atoms with E-state index in [0.717, 1.165) is 39.1 Å². The molecular weight excluding hydrogens is 414 g/mol. The number of hydrogen-bond donors (Lipinski definition) is 3. The highest BCUT2D eigenvalue weighted by atomic mass is 32.1. The van der Waals surface area contributed by atoms with Crippen molar-refractivity contribution in [3.63, 3.8) is 0 Å². The van der Waals surface area contributed by atoms with E-state index >= 15 is 0 Å². The Hall–Kier alpha value is -2.66. The molecule has 3 rings (SSSR count). The van der Waals surface area contributed by atoms with Crippen molar-refractivity contribution in [2.75, 3.05) is 0 Å². The number of fused-ring (bicyclic) bond motifs is 1. The predicted octanol–water partition coefficient (Wildman–Crippen LogP) is 7.07. The Morgan fingerprint density at radius 3 is 2.66 bits per heavy atom. The molecule has 1 amide bonds. The molecule has 1 aromatic carbocycles. The Labute approximate surface area is 196 Å². The molecule has 32 heavy (non-hydrogen) atoms. The molecule has 1 aliphatic carbocycles. The van der Waals surface area contributed by atoms with Gasteiger partial charge in [0.2, 0.25) is 5.91 Å². The van der Waals surface area contributed by atoms with Gasteiger partial charge in [-0.05, 0) is 36.1 Å². The quantitative estimate of drug-likeness (QED) is 0.281. The van der Waals surface area contributed by atoms with Gasteiger partial charge in [0, 0.05) is 34.0 Å². The highest BCUT2D eigenvalue weighted by molar-refractivity contribution is 7.21. The molecule has 0 saturated carbocycles. The fourth-order valence-corrected chi connectivity index (χ4v) is 4.57. The third-order valence-corrected chi connectivity index (χ3v) is 6.60. The van der Waals surface area contributed by atoms with Crippen molar-refractivity contribution >= 4 is 33.0 Å². The second-order valence-corrected chi connectivity index (χ2v) is 8.98. The Balaban J connectivity index is 0.00000176. The molecule has 1 unspecified atom stereocenters. The van der Waals surface area contributed by atoms with Crippen LogP contribution in [0, 0.1) is 11.3 Å². The molecule has 0 aliphatic heterocycles. The van der Waals surface area contributed by atoms with Crippen molar-refractivity contribution in [2.45, 2.75) is 66.2 Å². The van der Waals surface area contributed by atoms with Gasteiger partial charge in [-0.3, -0.25) is 10.2 Å². The van der Waals surface area contributed by atoms with Gasteiger partial charge in [-0.25, -0.2) is 0 Å². The average molecular weight is 452 g/mol. The second kappa shape index (κ2) is 13.0. The summed E-state index contributed by atoms with van der Waals surface area (Å²) in [5.41, 5.74) is 8.77. The number of nitrogens with one attached hydrogen (secondary N) is 2. The topological polar surface area (TPSA) is 79.0 Å². The maximum atomic E-state index is 12.5. The molecule has 0 saturated heterocycles. The van der Waals surface area contributed by atoms with Gasteiger partial charge in [-0.2, -0.15) is 0 Å². The van der Waals surface area contributed by atoms with Crippen LogP contribution in [0.5, 0.6) is 0 Å². The highest BCUT2D eigenvalue weighted by Crippen LogP contribution is 2.29. The van der Waals surface area contributed by atoms with Crippen LogP contribution in [0.2, 0.25) is 0 Å². The maximum Gasteiger partial charge on any atom is 0.226 e. The number of carbonyl (C=O) groups is 1. The molecule has 1 aromatic heterocycles. The molecular formula is C27H37N3OS. The molecule has 1 aliphatic rings. The summed E-state index contributed by atoms with van der Waals surface area (Å²) >= 11 is 1.60. The molecule has 4 nitrogen and oxygen atoms in total. The molecule has 172 valence electrons. The van der Waals surface area contributed by atoms with Crippen molar-refractivity contribution in [2.24, 2.45) is 11.7 Å². The largest absolute Gasteiger partial charge is 0.398 e. The summed E-state index contributed by atoms with van der Waals surface area (Å²) in [5, 5.41) is 12.9. The summed E-state index contributed by atoms with van der Waals surface area (Å²) in [7, 11) is 0. The van der Waals surface area contributed by atoms with Gasteiger partial charge in [0.15, 0.2) is 0 Å². The minimum atomic E-state index is -0.00682. The molecule has 5 heteroatoms. The van der Waals surface area contributed by atoms with Crippen molar-refractivity contribution < 1.29 is 4.79 Å². The van der Waals surface area contributed by atoms with Crippen molar-refractivity contribution in [1.29, 1.82) is 5.41 Å². The fraction of sp³-hybridized carbons (Fsp3) is 0.407. The second-order valence-electron chi connectivity index (χ2n) is 7.90. The number of rotatable bonds is 9. The molecule has 4 N–H and O–H groups in total. The summed E-state index contributed by atoms with van der Waals surface area (Å²) in [4.78, 5) is 13.4. The number of hydrogen-bond acceptors (Lipinski definition) is 4. The number of benzene rings is 1. The van der Waals surface area contributed by atoms with Crippen LogP contribution in [0.1, 0.15) is 71.1 Å². The number of amides is 1. The lowest BCUT2D eigenvalue weighted by Crippen LogP contribution is -2.28. The van der Waals surface area contributed by atoms with Gasteiger partial charge in [-0.15, -0.1) is 11.3 Å². The van der Waals surface area contributed by atoms with E-state index in [2.05, 4.69) is 24.4 Å². The molecule has 0 spiro atoms. The Bertz CT molecular complexity index is 980. The predicted molar refractivity (Wildman–Crippen MR) is 139 cm³/mol. The smallest absolute Gasteiger partial charge is 0.226 e. The van der Waals surface area contributed by atoms with Crippen LogP contribution in [0.4, 0.5) is 0 Å². The first kappa shape index (κ1) is 25.6. The number of allylic oxidation sites excluding steroid dienone is 4. The number of carbonyl (C=O) groups excluding carboxylic acids is 1. The molecule has 0 radical (unpaired) electrons. The summed E-state index contributed by atoms with van der Waals surface area (Å²) < 4.78 is 1.16. The third-order valence-electron chi connectivity index (χ3n) is 5.46. The average Bonchev–Trinajstić information content (AvgIpc) is 3.17. The Morgan fingerprint density at radius 2 is 1.94 bits per heavy atom. The zero-order valence-corrected chi connectivity index (χ0v) is 20.6. The molecule has 1 heterocycles. The minimum Gasteiger partial charge on any atom is -0.398 e. The van der Waals surface area contributed by atoms with E-state index in [0.29, 0.717) is 17.8 Å². The van der Waals surface area contributed by atoms with Gasteiger partial charge in [0.05, 0.1) is 10.6 Å². The standard InChI is InChI=1S/C25H31N3OS.C2H6/c1-3-4-5-6-9-17(2)25(29)28-19-12-14-20(21(26)15-13-19)24(27)23-16-18-10-7-8-11-22(18)30-23;1-2/h7-8,10-11,13-17,27H,3-6,9,12,26H2,1-2H3,(H,28,29);1-2H3. The van der Waals surface area contributed by atoms with Gasteiger partial charge in [0.25, 0.3) is 0 Å². The van der Waals surface area contributed by atoms with Crippen molar-refractivity contribution in [3.8, 4) is 0 Å². The summed E-state index contributed by atoms with van der Waals surface area (Å²) in [5.74, 6) is 0.0498. The van der Waals surface area contributed by atoms with E-state index in [1.807, 2.05) is 51.1 Å². The van der Waals surface area contributed by atoms with E-state index in [4.69, 9.17) is 11.1 Å². The van der Waals surface area contributed by atoms with E-state index in [1.54, 1.807) is 17.4 Å². The van der Waals surface area contributed by atoms with Crippen LogP contribution in [-0.4, -0.2) is 11.6 Å². The minimum absolute atomic E-state index is 0.00682. The fourth-order valence-electron chi connectivity index (χ4n) is 3.54. The first-order chi connectivity index (χ1) is 15.5. The molecule has 1 atom stereocenters. The van der Waals surface area contributed by atoms with Crippen molar-refractivity contribution in [3.05, 3.63) is 70.4 Å². The third kappa shape index (κ3) is 6.92. The normalized spacial score (nSPS) is 14.3. The number of thiophene rings is 1. The van der Waals surface area contributed by atoms with Crippen LogP contribution in [0.25, 0.3) is 10.1 Å². The van der Waals surface area contributed by atoms with E-state index in [1.165, 1.54) is 19.3 Å². The van der Waals surface area contributed by atoms with Crippen LogP contribution in [0.3, 0.4) is 0 Å². The van der Waals surface area contributed by atoms with Gasteiger partial charge >= 0.3 is 0 Å².